The Kier molecular flexibility index (Phi) is 3.85. The van der Waals surface area contributed by atoms with Crippen LogP contribution in [0.15, 0.2) is 24.3 Å². The van der Waals surface area contributed by atoms with E-state index in [4.69, 9.17) is 4.74 Å². The van der Waals surface area contributed by atoms with E-state index in [-0.39, 0.29) is 5.60 Å². The van der Waals surface area contributed by atoms with Crippen LogP contribution in [0.4, 0.5) is 0 Å². The van der Waals surface area contributed by atoms with Gasteiger partial charge in [-0.2, -0.15) is 0 Å². The number of methoxy groups -OCH3 is 1. The highest BCUT2D eigenvalue weighted by Crippen LogP contribution is 2.40. The maximum atomic E-state index is 5.95. The lowest BCUT2D eigenvalue weighted by Gasteiger charge is -2.43. The summed E-state index contributed by atoms with van der Waals surface area (Å²) in [6, 6.07) is 9.21. The van der Waals surface area contributed by atoms with Crippen LogP contribution in [-0.2, 0) is 10.3 Å². The molecule has 1 fully saturated rings. The number of benzene rings is 1. The van der Waals surface area contributed by atoms with Gasteiger partial charge in [0.1, 0.15) is 5.60 Å². The molecule has 1 aliphatic carbocycles. The van der Waals surface area contributed by atoms with Crippen LogP contribution >= 0.6 is 0 Å². The van der Waals surface area contributed by atoms with Gasteiger partial charge in [-0.1, -0.05) is 42.7 Å². The van der Waals surface area contributed by atoms with Crippen molar-refractivity contribution in [2.24, 2.45) is 0 Å². The molecule has 17 heavy (non-hydrogen) atoms. The minimum atomic E-state index is -0.138. The van der Waals surface area contributed by atoms with Gasteiger partial charge >= 0.3 is 0 Å². The normalized spacial score (nSPS) is 29.2. The fourth-order valence-corrected chi connectivity index (χ4v) is 3.06. The highest BCUT2D eigenvalue weighted by molar-refractivity contribution is 5.29. The van der Waals surface area contributed by atoms with E-state index in [9.17, 15) is 0 Å². The van der Waals surface area contributed by atoms with Crippen LogP contribution in [-0.4, -0.2) is 20.2 Å². The first-order valence-corrected chi connectivity index (χ1v) is 6.52. The van der Waals surface area contributed by atoms with Crippen molar-refractivity contribution in [2.45, 2.75) is 44.2 Å². The van der Waals surface area contributed by atoms with Gasteiger partial charge in [-0.15, -0.1) is 0 Å². The van der Waals surface area contributed by atoms with Crippen molar-refractivity contribution in [3.8, 4) is 0 Å². The Bertz CT molecular complexity index is 360. The van der Waals surface area contributed by atoms with E-state index in [2.05, 4.69) is 36.5 Å². The number of likely N-dealkylation sites (N-methyl/N-ethyl adjacent to an activating group) is 1. The van der Waals surface area contributed by atoms with Crippen molar-refractivity contribution in [1.82, 2.24) is 5.32 Å². The van der Waals surface area contributed by atoms with Crippen molar-refractivity contribution < 1.29 is 4.74 Å². The number of aryl methyl sites for hydroxylation is 1. The largest absolute Gasteiger partial charge is 0.372 e. The number of ether oxygens (including phenoxy) is 1. The van der Waals surface area contributed by atoms with Crippen molar-refractivity contribution in [1.29, 1.82) is 0 Å². The summed E-state index contributed by atoms with van der Waals surface area (Å²) >= 11 is 0. The maximum absolute atomic E-state index is 5.95. The molecule has 0 bridgehead atoms. The second kappa shape index (κ2) is 5.19. The average molecular weight is 233 g/mol. The molecule has 0 amide bonds. The molecule has 0 spiro atoms. The minimum Gasteiger partial charge on any atom is -0.372 e. The third kappa shape index (κ3) is 2.24. The number of hydrogen-bond donors (Lipinski definition) is 1. The summed E-state index contributed by atoms with van der Waals surface area (Å²) in [4.78, 5) is 0. The quantitative estimate of drug-likeness (QED) is 0.866. The zero-order valence-electron chi connectivity index (χ0n) is 11.1. The molecular weight excluding hydrogens is 210 g/mol. The Hall–Kier alpha value is -0.860. The summed E-state index contributed by atoms with van der Waals surface area (Å²) < 4.78 is 5.95. The lowest BCUT2D eigenvalue weighted by Crippen LogP contribution is -2.50. The topological polar surface area (TPSA) is 21.3 Å². The molecule has 0 aliphatic heterocycles. The molecule has 2 atom stereocenters. The molecule has 0 aromatic heterocycles. The van der Waals surface area contributed by atoms with Gasteiger partial charge in [-0.3, -0.25) is 0 Å². The fraction of sp³-hybridized carbons (Fsp3) is 0.600. The molecule has 0 radical (unpaired) electrons. The zero-order valence-corrected chi connectivity index (χ0v) is 11.1. The molecule has 0 heterocycles. The van der Waals surface area contributed by atoms with Crippen LogP contribution in [0.25, 0.3) is 0 Å². The van der Waals surface area contributed by atoms with Crippen LogP contribution in [0.2, 0.25) is 0 Å². The van der Waals surface area contributed by atoms with Gasteiger partial charge in [-0.05, 0) is 32.4 Å². The standard InChI is InChI=1S/C15H23NO/c1-12-7-9-13(10-8-12)15(17-3)11-5-4-6-14(15)16-2/h7-10,14,16H,4-6,11H2,1-3H3. The van der Waals surface area contributed by atoms with E-state index in [0.29, 0.717) is 6.04 Å². The van der Waals surface area contributed by atoms with Gasteiger partial charge in [0.2, 0.25) is 0 Å². The van der Waals surface area contributed by atoms with Crippen LogP contribution in [0, 0.1) is 6.92 Å². The SMILES string of the molecule is CNC1CCCCC1(OC)c1ccc(C)cc1. The molecule has 1 N–H and O–H groups in total. The highest BCUT2D eigenvalue weighted by Gasteiger charge is 2.41. The molecule has 1 aliphatic rings. The lowest BCUT2D eigenvalue weighted by molar-refractivity contribution is -0.0682. The Morgan fingerprint density at radius 1 is 1.24 bits per heavy atom. The summed E-state index contributed by atoms with van der Waals surface area (Å²) in [5.41, 5.74) is 2.47. The molecule has 2 rings (SSSR count). The van der Waals surface area contributed by atoms with E-state index in [1.807, 2.05) is 14.2 Å². The molecule has 1 aromatic carbocycles. The highest BCUT2D eigenvalue weighted by atomic mass is 16.5. The first-order valence-electron chi connectivity index (χ1n) is 6.52. The minimum absolute atomic E-state index is 0.138. The molecule has 1 saturated carbocycles. The number of rotatable bonds is 3. The van der Waals surface area contributed by atoms with Gasteiger partial charge < -0.3 is 10.1 Å². The average Bonchev–Trinajstić information content (AvgIpc) is 2.39. The molecule has 94 valence electrons. The summed E-state index contributed by atoms with van der Waals surface area (Å²) in [5, 5.41) is 3.43. The smallest absolute Gasteiger partial charge is 0.108 e. The van der Waals surface area contributed by atoms with Gasteiger partial charge in [0.15, 0.2) is 0 Å². The Morgan fingerprint density at radius 3 is 2.53 bits per heavy atom. The first-order chi connectivity index (χ1) is 8.23. The van der Waals surface area contributed by atoms with Crippen LogP contribution in [0.5, 0.6) is 0 Å². The summed E-state index contributed by atoms with van der Waals surface area (Å²) in [7, 11) is 3.88. The predicted molar refractivity (Wildman–Crippen MR) is 71.2 cm³/mol. The zero-order chi connectivity index (χ0) is 12.3. The second-order valence-corrected chi connectivity index (χ2v) is 5.05. The van der Waals surface area contributed by atoms with Crippen molar-refractivity contribution >= 4 is 0 Å². The summed E-state index contributed by atoms with van der Waals surface area (Å²) in [5.74, 6) is 0. The van der Waals surface area contributed by atoms with Crippen LogP contribution in [0.3, 0.4) is 0 Å². The van der Waals surface area contributed by atoms with Gasteiger partial charge in [0.25, 0.3) is 0 Å². The van der Waals surface area contributed by atoms with Gasteiger partial charge in [0, 0.05) is 13.2 Å². The van der Waals surface area contributed by atoms with E-state index < -0.39 is 0 Å². The van der Waals surface area contributed by atoms with E-state index in [1.165, 1.54) is 30.4 Å². The lowest BCUT2D eigenvalue weighted by atomic mass is 9.75. The molecule has 1 aromatic rings. The van der Waals surface area contributed by atoms with Crippen LogP contribution < -0.4 is 5.32 Å². The monoisotopic (exact) mass is 233 g/mol. The number of hydrogen-bond acceptors (Lipinski definition) is 2. The van der Waals surface area contributed by atoms with Crippen LogP contribution in [0.1, 0.15) is 36.8 Å². The third-order valence-corrected chi connectivity index (χ3v) is 4.11. The maximum Gasteiger partial charge on any atom is 0.108 e. The molecule has 2 heteroatoms. The van der Waals surface area contributed by atoms with Crippen molar-refractivity contribution in [3.63, 3.8) is 0 Å². The van der Waals surface area contributed by atoms with E-state index in [0.717, 1.165) is 6.42 Å². The van der Waals surface area contributed by atoms with Gasteiger partial charge in [-0.25, -0.2) is 0 Å². The molecule has 0 saturated heterocycles. The Morgan fingerprint density at radius 2 is 1.94 bits per heavy atom. The fourth-order valence-electron chi connectivity index (χ4n) is 3.06. The van der Waals surface area contributed by atoms with E-state index >= 15 is 0 Å². The van der Waals surface area contributed by atoms with Crippen molar-refractivity contribution in [2.75, 3.05) is 14.2 Å². The first kappa shape index (κ1) is 12.6. The molecular formula is C15H23NO. The summed E-state index contributed by atoms with van der Waals surface area (Å²) in [6.07, 6.45) is 4.85. The van der Waals surface area contributed by atoms with Crippen molar-refractivity contribution in [3.05, 3.63) is 35.4 Å². The molecule has 2 unspecified atom stereocenters. The second-order valence-electron chi connectivity index (χ2n) is 5.05. The van der Waals surface area contributed by atoms with E-state index in [1.54, 1.807) is 0 Å². The Balaban J connectivity index is 2.37. The predicted octanol–water partition coefficient (Wildman–Crippen LogP) is 3.00. The summed E-state index contributed by atoms with van der Waals surface area (Å²) in [6.45, 7) is 2.12. The molecule has 2 nitrogen and oxygen atoms in total. The third-order valence-electron chi connectivity index (χ3n) is 4.11. The Labute approximate surface area is 104 Å². The van der Waals surface area contributed by atoms with Gasteiger partial charge in [0.05, 0.1) is 0 Å². The number of nitrogens with one attached hydrogen (secondary N) is 1.